The third-order valence-electron chi connectivity index (χ3n) is 5.35. The fourth-order valence-electron chi connectivity index (χ4n) is 3.86. The van der Waals surface area contributed by atoms with E-state index >= 15 is 0 Å². The normalized spacial score (nSPS) is 16.7. The predicted molar refractivity (Wildman–Crippen MR) is 109 cm³/mol. The third kappa shape index (κ3) is 4.62. The van der Waals surface area contributed by atoms with Gasteiger partial charge in [-0.15, -0.1) is 10.2 Å². The number of rotatable bonds is 6. The van der Waals surface area contributed by atoms with Crippen LogP contribution in [0.25, 0.3) is 5.65 Å². The van der Waals surface area contributed by atoms with Crippen LogP contribution in [0.1, 0.15) is 36.6 Å². The van der Waals surface area contributed by atoms with E-state index in [1.165, 1.54) is 0 Å². The van der Waals surface area contributed by atoms with Crippen molar-refractivity contribution in [2.24, 2.45) is 0 Å². The number of hydrogen-bond donors (Lipinski definition) is 1. The number of nitrogens with one attached hydrogen (secondary N) is 1. The van der Waals surface area contributed by atoms with Crippen molar-refractivity contribution in [1.29, 1.82) is 0 Å². The molecule has 1 N–H and O–H groups in total. The first-order valence-electron chi connectivity index (χ1n) is 10.1. The van der Waals surface area contributed by atoms with Gasteiger partial charge in [-0.05, 0) is 30.5 Å². The highest BCUT2D eigenvalue weighted by Crippen LogP contribution is 2.26. The highest BCUT2D eigenvalue weighted by atomic mass is 16.2. The van der Waals surface area contributed by atoms with Crippen LogP contribution < -0.4 is 5.32 Å². The zero-order valence-electron chi connectivity index (χ0n) is 16.3. The van der Waals surface area contributed by atoms with Crippen LogP contribution in [0.15, 0.2) is 54.7 Å². The molecule has 1 aromatic carbocycles. The number of benzene rings is 1. The van der Waals surface area contributed by atoms with Crippen LogP contribution in [0.5, 0.6) is 0 Å². The number of pyridine rings is 1. The van der Waals surface area contributed by atoms with Gasteiger partial charge < -0.3 is 10.2 Å². The molecule has 7 nitrogen and oxygen atoms in total. The van der Waals surface area contributed by atoms with Gasteiger partial charge in [0.25, 0.3) is 0 Å². The van der Waals surface area contributed by atoms with Crippen LogP contribution in [0.2, 0.25) is 0 Å². The Labute approximate surface area is 169 Å². The maximum Gasteiger partial charge on any atom is 0.224 e. The van der Waals surface area contributed by atoms with Crippen molar-refractivity contribution in [1.82, 2.24) is 24.8 Å². The largest absolute Gasteiger partial charge is 0.355 e. The highest BCUT2D eigenvalue weighted by Gasteiger charge is 2.27. The average molecular weight is 391 g/mol. The van der Waals surface area contributed by atoms with Crippen molar-refractivity contribution >= 4 is 17.5 Å². The van der Waals surface area contributed by atoms with E-state index in [4.69, 9.17) is 0 Å². The molecule has 1 saturated heterocycles. The molecule has 1 atom stereocenters. The minimum atomic E-state index is -0.0598. The lowest BCUT2D eigenvalue weighted by molar-refractivity contribution is -0.132. The molecule has 0 aliphatic carbocycles. The van der Waals surface area contributed by atoms with E-state index < -0.39 is 0 Å². The Kier molecular flexibility index (Phi) is 5.84. The summed E-state index contributed by atoms with van der Waals surface area (Å²) in [4.78, 5) is 26.6. The monoisotopic (exact) mass is 391 g/mol. The molecule has 0 saturated carbocycles. The van der Waals surface area contributed by atoms with Crippen molar-refractivity contribution in [2.75, 3.05) is 19.6 Å². The van der Waals surface area contributed by atoms with Gasteiger partial charge in [0.15, 0.2) is 5.65 Å². The molecule has 1 aliphatic rings. The van der Waals surface area contributed by atoms with E-state index in [9.17, 15) is 9.59 Å². The summed E-state index contributed by atoms with van der Waals surface area (Å²) in [6.07, 6.45) is 4.55. The molecule has 3 heterocycles. The van der Waals surface area contributed by atoms with Crippen LogP contribution in [0, 0.1) is 0 Å². The maximum atomic E-state index is 12.6. The molecular formula is C22H25N5O2. The number of hydrogen-bond acceptors (Lipinski definition) is 4. The predicted octanol–water partition coefficient (Wildman–Crippen LogP) is 2.18. The summed E-state index contributed by atoms with van der Waals surface area (Å²) >= 11 is 0. The van der Waals surface area contributed by atoms with Crippen LogP contribution in [0.3, 0.4) is 0 Å². The third-order valence-corrected chi connectivity index (χ3v) is 5.35. The Balaban J connectivity index is 1.28. The molecular weight excluding hydrogens is 366 g/mol. The molecule has 1 fully saturated rings. The van der Waals surface area contributed by atoms with Gasteiger partial charge in [-0.2, -0.15) is 0 Å². The second-order valence-corrected chi connectivity index (χ2v) is 7.43. The smallest absolute Gasteiger partial charge is 0.224 e. The van der Waals surface area contributed by atoms with E-state index in [1.54, 1.807) is 0 Å². The summed E-state index contributed by atoms with van der Waals surface area (Å²) in [5.74, 6) is 1.10. The lowest BCUT2D eigenvalue weighted by Gasteiger charge is -2.32. The van der Waals surface area contributed by atoms with Crippen molar-refractivity contribution in [3.05, 3.63) is 66.1 Å². The van der Waals surface area contributed by atoms with E-state index in [2.05, 4.69) is 15.5 Å². The number of carbonyl (C=O) groups excluding carboxylic acids is 2. The lowest BCUT2D eigenvalue weighted by Crippen LogP contribution is -2.41. The summed E-state index contributed by atoms with van der Waals surface area (Å²) in [5, 5.41) is 11.4. The standard InChI is InChI=1S/C22H25N5O2/c28-20(15-17-7-2-1-3-8-17)23-12-11-21(29)26-13-6-9-18(16-26)22-25-24-19-10-4-5-14-27(19)22/h1-5,7-8,10,14,18H,6,9,11-13,15-16H2,(H,23,28). The fourth-order valence-corrected chi connectivity index (χ4v) is 3.86. The number of carbonyl (C=O) groups is 2. The molecule has 150 valence electrons. The van der Waals surface area contributed by atoms with E-state index in [1.807, 2.05) is 64.0 Å². The molecule has 0 bridgehead atoms. The number of amides is 2. The second kappa shape index (κ2) is 8.86. The van der Waals surface area contributed by atoms with Crippen molar-refractivity contribution in [2.45, 2.75) is 31.6 Å². The van der Waals surface area contributed by atoms with E-state index in [0.29, 0.717) is 25.9 Å². The number of nitrogens with zero attached hydrogens (tertiary/aromatic N) is 4. The average Bonchev–Trinajstić information content (AvgIpc) is 3.19. The molecule has 7 heteroatoms. The van der Waals surface area contributed by atoms with Gasteiger partial charge in [-0.3, -0.25) is 14.0 Å². The van der Waals surface area contributed by atoms with Crippen molar-refractivity contribution in [3.8, 4) is 0 Å². The Morgan fingerprint density at radius 2 is 1.90 bits per heavy atom. The van der Waals surface area contributed by atoms with Gasteiger partial charge in [0.05, 0.1) is 6.42 Å². The summed E-state index contributed by atoms with van der Waals surface area (Å²) in [7, 11) is 0. The van der Waals surface area contributed by atoms with Crippen LogP contribution in [0.4, 0.5) is 0 Å². The molecule has 0 radical (unpaired) electrons. The maximum absolute atomic E-state index is 12.6. The molecule has 3 aromatic rings. The van der Waals surface area contributed by atoms with Gasteiger partial charge in [-0.1, -0.05) is 36.4 Å². The minimum Gasteiger partial charge on any atom is -0.355 e. The first kappa shape index (κ1) is 19.1. The lowest BCUT2D eigenvalue weighted by atomic mass is 9.97. The van der Waals surface area contributed by atoms with Crippen LogP contribution >= 0.6 is 0 Å². The molecule has 0 spiro atoms. The Morgan fingerprint density at radius 3 is 2.76 bits per heavy atom. The van der Waals surface area contributed by atoms with Crippen molar-refractivity contribution < 1.29 is 9.59 Å². The van der Waals surface area contributed by atoms with Gasteiger partial charge in [0.1, 0.15) is 5.82 Å². The number of likely N-dealkylation sites (tertiary alicyclic amines) is 1. The molecule has 2 amide bonds. The second-order valence-electron chi connectivity index (χ2n) is 7.43. The zero-order valence-corrected chi connectivity index (χ0v) is 16.3. The summed E-state index contributed by atoms with van der Waals surface area (Å²) in [6, 6.07) is 15.4. The Hall–Kier alpha value is -3.22. The SMILES string of the molecule is O=C(Cc1ccccc1)NCCC(=O)N1CCCC(c2nnc3ccccn23)C1. The van der Waals surface area contributed by atoms with Crippen LogP contribution in [-0.2, 0) is 16.0 Å². The highest BCUT2D eigenvalue weighted by molar-refractivity contribution is 5.80. The number of piperidine rings is 1. The molecule has 1 unspecified atom stereocenters. The number of aromatic nitrogens is 3. The van der Waals surface area contributed by atoms with E-state index in [0.717, 1.165) is 36.4 Å². The zero-order chi connectivity index (χ0) is 20.1. The quantitative estimate of drug-likeness (QED) is 0.699. The summed E-state index contributed by atoms with van der Waals surface area (Å²) < 4.78 is 2.00. The summed E-state index contributed by atoms with van der Waals surface area (Å²) in [5.41, 5.74) is 1.79. The molecule has 4 rings (SSSR count). The molecule has 29 heavy (non-hydrogen) atoms. The summed E-state index contributed by atoms with van der Waals surface area (Å²) in [6.45, 7) is 1.76. The first-order chi connectivity index (χ1) is 14.2. The van der Waals surface area contributed by atoms with Crippen LogP contribution in [-0.4, -0.2) is 50.9 Å². The topological polar surface area (TPSA) is 79.6 Å². The van der Waals surface area contributed by atoms with E-state index in [-0.39, 0.29) is 17.7 Å². The Bertz CT molecular complexity index is 985. The molecule has 2 aromatic heterocycles. The first-order valence-corrected chi connectivity index (χ1v) is 10.1. The van der Waals surface area contributed by atoms with Gasteiger partial charge in [-0.25, -0.2) is 0 Å². The van der Waals surface area contributed by atoms with Gasteiger partial charge in [0, 0.05) is 38.2 Å². The Morgan fingerprint density at radius 1 is 1.07 bits per heavy atom. The minimum absolute atomic E-state index is 0.0598. The fraction of sp³-hybridized carbons (Fsp3) is 0.364. The van der Waals surface area contributed by atoms with Gasteiger partial charge in [0.2, 0.25) is 11.8 Å². The van der Waals surface area contributed by atoms with Gasteiger partial charge >= 0.3 is 0 Å². The van der Waals surface area contributed by atoms with Crippen molar-refractivity contribution in [3.63, 3.8) is 0 Å². The number of fused-ring (bicyclic) bond motifs is 1. The molecule has 1 aliphatic heterocycles.